The summed E-state index contributed by atoms with van der Waals surface area (Å²) in [6.07, 6.45) is 34.3. The highest BCUT2D eigenvalue weighted by atomic mass is 31.2. The van der Waals surface area contributed by atoms with Gasteiger partial charge in [0.15, 0.2) is 11.9 Å². The van der Waals surface area contributed by atoms with Crippen LogP contribution < -0.4 is 5.73 Å². The summed E-state index contributed by atoms with van der Waals surface area (Å²) in [5.41, 5.74) is 5.30. The molecule has 0 aromatic carbocycles. The number of phosphoric ester groups is 1. The minimum Gasteiger partial charge on any atom is -0.480 e. The maximum Gasteiger partial charge on any atom is 0.472 e. The van der Waals surface area contributed by atoms with E-state index in [1.807, 2.05) is 36.5 Å². The molecule has 53 heavy (non-hydrogen) atoms. The highest BCUT2D eigenvalue weighted by Gasteiger charge is 2.28. The third kappa shape index (κ3) is 34.4. The van der Waals surface area contributed by atoms with Crippen molar-refractivity contribution >= 4 is 31.5 Å². The van der Waals surface area contributed by atoms with Gasteiger partial charge in [0, 0.05) is 19.3 Å². The summed E-state index contributed by atoms with van der Waals surface area (Å²) < 4.78 is 32.4. The van der Waals surface area contributed by atoms with Crippen molar-refractivity contribution in [1.82, 2.24) is 0 Å². The molecule has 0 aliphatic carbocycles. The summed E-state index contributed by atoms with van der Waals surface area (Å²) >= 11 is 0. The Morgan fingerprint density at radius 1 is 0.642 bits per heavy atom. The van der Waals surface area contributed by atoms with E-state index in [4.69, 9.17) is 24.8 Å². The largest absolute Gasteiger partial charge is 0.480 e. The van der Waals surface area contributed by atoms with Gasteiger partial charge < -0.3 is 25.2 Å². The molecule has 13 heteroatoms. The van der Waals surface area contributed by atoms with Crippen LogP contribution >= 0.6 is 7.82 Å². The second-order valence-corrected chi connectivity index (χ2v) is 14.2. The number of carboxylic acids is 1. The van der Waals surface area contributed by atoms with Crippen LogP contribution in [-0.2, 0) is 42.3 Å². The second-order valence-electron chi connectivity index (χ2n) is 12.7. The van der Waals surface area contributed by atoms with Crippen molar-refractivity contribution in [3.63, 3.8) is 0 Å². The second kappa shape index (κ2) is 34.6. The van der Waals surface area contributed by atoms with E-state index in [9.17, 15) is 28.6 Å². The number of phosphoric acid groups is 1. The van der Waals surface area contributed by atoms with Crippen LogP contribution in [0.15, 0.2) is 60.8 Å². The summed E-state index contributed by atoms with van der Waals surface area (Å²) in [6.45, 7) is 2.49. The van der Waals surface area contributed by atoms with Crippen molar-refractivity contribution in [2.45, 2.75) is 148 Å². The van der Waals surface area contributed by atoms with Gasteiger partial charge in [0.1, 0.15) is 12.6 Å². The predicted molar refractivity (Wildman–Crippen MR) is 208 cm³/mol. The van der Waals surface area contributed by atoms with E-state index in [1.54, 1.807) is 12.2 Å². The number of carboxylic acid groups (broad SMARTS) is 1. The third-order valence-electron chi connectivity index (χ3n) is 7.71. The Labute approximate surface area is 317 Å². The Balaban J connectivity index is 4.61. The molecule has 0 aliphatic rings. The smallest absolute Gasteiger partial charge is 0.472 e. The molecule has 0 aromatic rings. The zero-order valence-corrected chi connectivity index (χ0v) is 33.0. The monoisotopic (exact) mass is 767 g/mol. The average Bonchev–Trinajstić information content (AvgIpc) is 3.12. The van der Waals surface area contributed by atoms with Crippen LogP contribution in [0.4, 0.5) is 0 Å². The molecule has 0 heterocycles. The molecule has 0 aromatic heterocycles. The zero-order valence-electron chi connectivity index (χ0n) is 32.1. The minimum atomic E-state index is -4.74. The number of hydrogen-bond acceptors (Lipinski definition) is 10. The standard InChI is InChI=1S/C40H66NO11P/c1-3-5-7-8-9-10-12-16-19-22-26-30-38(43)49-32-36(33-50-53(47,48)51-34-37(41)40(45)46)52-39(44)31-27-23-20-17-14-11-13-15-18-21-25-29-35(42)28-24-6-4-2/h8-9,11,13,17-18,20-21,25,29,36-37H,3-7,10,12,14-16,19,22-24,26-28,30-34,41H2,1-2H3,(H,45,46)(H,47,48)/b9-8-,13-11-,20-17-,21-18-,29-25+/t36-,37+/m1/s1. The van der Waals surface area contributed by atoms with Crippen LogP contribution in [0.2, 0.25) is 0 Å². The Bertz CT molecular complexity index is 1200. The van der Waals surface area contributed by atoms with Gasteiger partial charge in [-0.25, -0.2) is 4.57 Å². The number of ether oxygens (including phenoxy) is 2. The molecule has 0 saturated heterocycles. The fourth-order valence-corrected chi connectivity index (χ4v) is 5.36. The summed E-state index contributed by atoms with van der Waals surface area (Å²) in [5, 5.41) is 8.85. The van der Waals surface area contributed by atoms with E-state index in [2.05, 4.69) is 30.5 Å². The van der Waals surface area contributed by atoms with E-state index in [0.717, 1.165) is 70.6 Å². The highest BCUT2D eigenvalue weighted by molar-refractivity contribution is 7.47. The molecule has 0 rings (SSSR count). The summed E-state index contributed by atoms with van der Waals surface area (Å²) in [7, 11) is -4.74. The fraction of sp³-hybridized carbons (Fsp3) is 0.650. The molecular weight excluding hydrogens is 701 g/mol. The number of carbonyl (C=O) groups excluding carboxylic acids is 3. The Kier molecular flexibility index (Phi) is 32.6. The van der Waals surface area contributed by atoms with Crippen molar-refractivity contribution in [2.75, 3.05) is 19.8 Å². The highest BCUT2D eigenvalue weighted by Crippen LogP contribution is 2.43. The molecule has 4 N–H and O–H groups in total. The normalized spacial score (nSPS) is 14.4. The first-order valence-electron chi connectivity index (χ1n) is 19.3. The number of esters is 2. The molecule has 0 amide bonds. The Hall–Kier alpha value is -3.15. The molecule has 0 radical (unpaired) electrons. The third-order valence-corrected chi connectivity index (χ3v) is 8.67. The van der Waals surface area contributed by atoms with Crippen LogP contribution in [0, 0.1) is 0 Å². The lowest BCUT2D eigenvalue weighted by Gasteiger charge is -2.20. The average molecular weight is 768 g/mol. The van der Waals surface area contributed by atoms with Crippen molar-refractivity contribution < 1.29 is 52.3 Å². The lowest BCUT2D eigenvalue weighted by molar-refractivity contribution is -0.161. The van der Waals surface area contributed by atoms with Crippen molar-refractivity contribution in [3.05, 3.63) is 60.8 Å². The molecule has 0 aliphatic heterocycles. The minimum absolute atomic E-state index is 0.0549. The van der Waals surface area contributed by atoms with E-state index in [-0.39, 0.29) is 18.6 Å². The topological polar surface area (TPSA) is 189 Å². The van der Waals surface area contributed by atoms with Gasteiger partial charge in [0.2, 0.25) is 0 Å². The maximum absolute atomic E-state index is 12.5. The SMILES string of the molecule is CCCC/C=C\CCCCCCCC(=O)OC[C@H](COP(=O)(O)OC[C@H](N)C(=O)O)OC(=O)CCC/C=C\C/C=C\C/C=C\C=C\C(=O)CCCCC. The lowest BCUT2D eigenvalue weighted by Crippen LogP contribution is -2.34. The van der Waals surface area contributed by atoms with Crippen LogP contribution in [0.3, 0.4) is 0 Å². The van der Waals surface area contributed by atoms with Gasteiger partial charge in [-0.05, 0) is 63.9 Å². The lowest BCUT2D eigenvalue weighted by atomic mass is 10.1. The van der Waals surface area contributed by atoms with Gasteiger partial charge in [-0.2, -0.15) is 0 Å². The fourth-order valence-electron chi connectivity index (χ4n) is 4.58. The van der Waals surface area contributed by atoms with Crippen LogP contribution in [-0.4, -0.2) is 65.7 Å². The number of aliphatic carboxylic acids is 1. The van der Waals surface area contributed by atoms with Crippen LogP contribution in [0.25, 0.3) is 0 Å². The van der Waals surface area contributed by atoms with Crippen molar-refractivity contribution in [2.24, 2.45) is 5.73 Å². The van der Waals surface area contributed by atoms with Gasteiger partial charge in [-0.1, -0.05) is 113 Å². The van der Waals surface area contributed by atoms with Gasteiger partial charge in [0.05, 0.1) is 13.2 Å². The first kappa shape index (κ1) is 49.9. The van der Waals surface area contributed by atoms with E-state index >= 15 is 0 Å². The number of hydrogen-bond donors (Lipinski definition) is 3. The number of unbranched alkanes of at least 4 members (excludes halogenated alkanes) is 10. The first-order valence-corrected chi connectivity index (χ1v) is 20.8. The Morgan fingerprint density at radius 3 is 1.92 bits per heavy atom. The van der Waals surface area contributed by atoms with Gasteiger partial charge in [-0.3, -0.25) is 28.2 Å². The van der Waals surface area contributed by atoms with Crippen molar-refractivity contribution in [1.29, 1.82) is 0 Å². The van der Waals surface area contributed by atoms with Gasteiger partial charge in [0.25, 0.3) is 0 Å². The molecule has 0 spiro atoms. The number of carbonyl (C=O) groups is 4. The van der Waals surface area contributed by atoms with Gasteiger partial charge >= 0.3 is 25.7 Å². The van der Waals surface area contributed by atoms with Gasteiger partial charge in [-0.15, -0.1) is 0 Å². The molecule has 0 saturated carbocycles. The first-order chi connectivity index (χ1) is 25.5. The predicted octanol–water partition coefficient (Wildman–Crippen LogP) is 8.79. The molecule has 1 unspecified atom stereocenters. The molecule has 12 nitrogen and oxygen atoms in total. The Morgan fingerprint density at radius 2 is 1.21 bits per heavy atom. The van der Waals surface area contributed by atoms with Crippen LogP contribution in [0.1, 0.15) is 136 Å². The molecule has 0 fully saturated rings. The molecule has 3 atom stereocenters. The zero-order chi connectivity index (χ0) is 39.4. The number of ketones is 1. The molecular formula is C40H66NO11P. The van der Waals surface area contributed by atoms with E-state index in [0.29, 0.717) is 25.7 Å². The van der Waals surface area contributed by atoms with E-state index < -0.39 is 57.7 Å². The summed E-state index contributed by atoms with van der Waals surface area (Å²) in [5.74, 6) is -2.37. The number of rotatable bonds is 35. The van der Waals surface area contributed by atoms with E-state index in [1.165, 1.54) is 12.8 Å². The van der Waals surface area contributed by atoms with Crippen molar-refractivity contribution in [3.8, 4) is 0 Å². The number of nitrogens with two attached hydrogens (primary N) is 1. The summed E-state index contributed by atoms with van der Waals surface area (Å²) in [4.78, 5) is 57.4. The maximum atomic E-state index is 12.5. The quantitative estimate of drug-likeness (QED) is 0.0139. The summed E-state index contributed by atoms with van der Waals surface area (Å²) in [6, 6.07) is -1.54. The molecule has 0 bridgehead atoms. The molecule has 302 valence electrons. The van der Waals surface area contributed by atoms with Crippen LogP contribution in [0.5, 0.6) is 0 Å². The number of allylic oxidation sites excluding steroid dienone is 10.